The van der Waals surface area contributed by atoms with Gasteiger partial charge in [0.15, 0.2) is 0 Å². The van der Waals surface area contributed by atoms with E-state index in [1.54, 1.807) is 6.92 Å². The van der Waals surface area contributed by atoms with Crippen molar-refractivity contribution in [1.82, 2.24) is 10.6 Å². The lowest BCUT2D eigenvalue weighted by molar-refractivity contribution is -0.889. The van der Waals surface area contributed by atoms with Gasteiger partial charge < -0.3 is 20.3 Å². The SMILES string of the molecule is CCOC(=O)C1=C(C[NH+](C)Cc2ccc3ccccc3c2)NC(=O)N[C@@H]1CC. The molecule has 0 radical (unpaired) electrons. The number of hydrogen-bond acceptors (Lipinski definition) is 3. The van der Waals surface area contributed by atoms with Crippen LogP contribution in [0.15, 0.2) is 53.7 Å². The number of likely N-dealkylation sites (N-methyl/N-ethyl adjacent to an activating group) is 1. The Labute approximate surface area is 165 Å². The molecule has 1 heterocycles. The largest absolute Gasteiger partial charge is 0.463 e. The topological polar surface area (TPSA) is 71.9 Å². The Hall–Kier alpha value is -2.86. The Balaban J connectivity index is 1.80. The second-order valence-corrected chi connectivity index (χ2v) is 7.16. The number of carbonyl (C=O) groups is 2. The minimum atomic E-state index is -0.365. The van der Waals surface area contributed by atoms with Crippen molar-refractivity contribution < 1.29 is 19.2 Å². The molecule has 0 aromatic heterocycles. The van der Waals surface area contributed by atoms with Crippen LogP contribution in [0.1, 0.15) is 25.8 Å². The van der Waals surface area contributed by atoms with Crippen LogP contribution in [0, 0.1) is 0 Å². The van der Waals surface area contributed by atoms with Crippen LogP contribution in [-0.4, -0.2) is 38.2 Å². The fourth-order valence-electron chi connectivity index (χ4n) is 3.66. The minimum Gasteiger partial charge on any atom is -0.463 e. The van der Waals surface area contributed by atoms with Crippen LogP contribution in [-0.2, 0) is 16.1 Å². The normalized spacial score (nSPS) is 17.8. The second kappa shape index (κ2) is 8.89. The molecule has 0 saturated carbocycles. The van der Waals surface area contributed by atoms with E-state index >= 15 is 0 Å². The van der Waals surface area contributed by atoms with E-state index in [1.165, 1.54) is 21.2 Å². The number of nitrogens with one attached hydrogen (secondary N) is 3. The predicted octanol–water partition coefficient (Wildman–Crippen LogP) is 1.76. The van der Waals surface area contributed by atoms with Gasteiger partial charge >= 0.3 is 12.0 Å². The maximum absolute atomic E-state index is 12.5. The Kier molecular flexibility index (Phi) is 6.31. The van der Waals surface area contributed by atoms with Crippen molar-refractivity contribution in [2.45, 2.75) is 32.9 Å². The molecule has 148 valence electrons. The number of esters is 1. The molecule has 0 saturated heterocycles. The molecule has 0 bridgehead atoms. The number of hydrogen-bond donors (Lipinski definition) is 3. The van der Waals surface area contributed by atoms with Gasteiger partial charge in [0.25, 0.3) is 0 Å². The Bertz CT molecular complexity index is 907. The molecule has 1 unspecified atom stereocenters. The van der Waals surface area contributed by atoms with Gasteiger partial charge in [-0.05, 0) is 30.2 Å². The number of rotatable bonds is 7. The van der Waals surface area contributed by atoms with Crippen molar-refractivity contribution in [3.8, 4) is 0 Å². The fraction of sp³-hybridized carbons (Fsp3) is 0.364. The van der Waals surface area contributed by atoms with Gasteiger partial charge in [0.05, 0.1) is 31.0 Å². The average Bonchev–Trinajstić information content (AvgIpc) is 2.67. The molecule has 6 heteroatoms. The van der Waals surface area contributed by atoms with E-state index in [-0.39, 0.29) is 18.0 Å². The monoisotopic (exact) mass is 382 g/mol. The van der Waals surface area contributed by atoms with Crippen LogP contribution < -0.4 is 15.5 Å². The number of urea groups is 1. The van der Waals surface area contributed by atoms with E-state index in [9.17, 15) is 9.59 Å². The number of fused-ring (bicyclic) bond motifs is 1. The van der Waals surface area contributed by atoms with Crippen molar-refractivity contribution in [1.29, 1.82) is 0 Å². The third kappa shape index (κ3) is 4.51. The molecule has 0 spiro atoms. The molecule has 3 rings (SSSR count). The molecule has 1 aliphatic rings. The summed E-state index contributed by atoms with van der Waals surface area (Å²) in [5.41, 5.74) is 2.39. The smallest absolute Gasteiger partial charge is 0.338 e. The average molecular weight is 382 g/mol. The van der Waals surface area contributed by atoms with Gasteiger partial charge in [0, 0.05) is 5.56 Å². The van der Waals surface area contributed by atoms with Crippen molar-refractivity contribution >= 4 is 22.8 Å². The van der Waals surface area contributed by atoms with Crippen LogP contribution in [0.25, 0.3) is 10.8 Å². The quantitative estimate of drug-likeness (QED) is 0.639. The summed E-state index contributed by atoms with van der Waals surface area (Å²) < 4.78 is 5.23. The molecule has 2 amide bonds. The van der Waals surface area contributed by atoms with Gasteiger partial charge in [-0.25, -0.2) is 9.59 Å². The third-order valence-corrected chi connectivity index (χ3v) is 4.95. The highest BCUT2D eigenvalue weighted by atomic mass is 16.5. The van der Waals surface area contributed by atoms with Crippen LogP contribution in [0.4, 0.5) is 4.79 Å². The zero-order valence-corrected chi connectivity index (χ0v) is 16.7. The van der Waals surface area contributed by atoms with E-state index in [2.05, 4.69) is 48.0 Å². The fourth-order valence-corrected chi connectivity index (χ4v) is 3.66. The first-order valence-electron chi connectivity index (χ1n) is 9.78. The molecule has 0 aliphatic carbocycles. The molecule has 1 aliphatic heterocycles. The third-order valence-electron chi connectivity index (χ3n) is 4.95. The number of carbonyl (C=O) groups excluding carboxylic acids is 2. The highest BCUT2D eigenvalue weighted by molar-refractivity contribution is 5.94. The summed E-state index contributed by atoms with van der Waals surface area (Å²) in [6.07, 6.45) is 0.634. The molecule has 2 aromatic carbocycles. The van der Waals surface area contributed by atoms with Crippen molar-refractivity contribution in [3.05, 3.63) is 59.3 Å². The van der Waals surface area contributed by atoms with E-state index in [0.29, 0.717) is 30.8 Å². The molecule has 6 nitrogen and oxygen atoms in total. The lowest BCUT2D eigenvalue weighted by Crippen LogP contribution is -3.08. The lowest BCUT2D eigenvalue weighted by Gasteiger charge is -2.29. The number of amides is 2. The van der Waals surface area contributed by atoms with E-state index in [4.69, 9.17) is 4.74 Å². The van der Waals surface area contributed by atoms with E-state index < -0.39 is 0 Å². The Morgan fingerprint density at radius 3 is 2.57 bits per heavy atom. The number of quaternary nitrogens is 1. The van der Waals surface area contributed by atoms with Crippen molar-refractivity contribution in [2.75, 3.05) is 20.2 Å². The molecule has 2 aromatic rings. The summed E-state index contributed by atoms with van der Waals surface area (Å²) in [5.74, 6) is -0.365. The zero-order valence-electron chi connectivity index (χ0n) is 16.7. The molecule has 28 heavy (non-hydrogen) atoms. The van der Waals surface area contributed by atoms with Gasteiger partial charge in [-0.3, -0.25) is 0 Å². The summed E-state index contributed by atoms with van der Waals surface area (Å²) in [4.78, 5) is 25.7. The summed E-state index contributed by atoms with van der Waals surface area (Å²) in [6, 6.07) is 14.1. The maximum Gasteiger partial charge on any atom is 0.338 e. The van der Waals surface area contributed by atoms with Crippen molar-refractivity contribution in [2.24, 2.45) is 0 Å². The first-order valence-corrected chi connectivity index (χ1v) is 9.78. The lowest BCUT2D eigenvalue weighted by atomic mass is 10.00. The summed E-state index contributed by atoms with van der Waals surface area (Å²) >= 11 is 0. The van der Waals surface area contributed by atoms with Crippen LogP contribution >= 0.6 is 0 Å². The van der Waals surface area contributed by atoms with E-state index in [1.807, 2.05) is 19.1 Å². The van der Waals surface area contributed by atoms with Gasteiger partial charge in [0.1, 0.15) is 13.1 Å². The predicted molar refractivity (Wildman–Crippen MR) is 109 cm³/mol. The van der Waals surface area contributed by atoms with Crippen molar-refractivity contribution in [3.63, 3.8) is 0 Å². The van der Waals surface area contributed by atoms with Crippen LogP contribution in [0.2, 0.25) is 0 Å². The highest BCUT2D eigenvalue weighted by Crippen LogP contribution is 2.17. The first kappa shape index (κ1) is 19.9. The second-order valence-electron chi connectivity index (χ2n) is 7.16. The summed E-state index contributed by atoms with van der Waals surface area (Å²) in [6.45, 7) is 5.35. The van der Waals surface area contributed by atoms with Crippen LogP contribution in [0.3, 0.4) is 0 Å². The maximum atomic E-state index is 12.5. The van der Waals surface area contributed by atoms with Gasteiger partial charge in [-0.15, -0.1) is 0 Å². The summed E-state index contributed by atoms with van der Waals surface area (Å²) in [7, 11) is 2.06. The molecular formula is C22H28N3O3+. The van der Waals surface area contributed by atoms with E-state index in [0.717, 1.165) is 6.54 Å². The Morgan fingerprint density at radius 2 is 1.86 bits per heavy atom. The van der Waals surface area contributed by atoms with Gasteiger partial charge in [-0.2, -0.15) is 0 Å². The molecule has 2 atom stereocenters. The standard InChI is InChI=1S/C22H27N3O3/c1-4-18-20(21(26)28-5-2)19(24-22(27)23-18)14-25(3)13-15-10-11-16-8-6-7-9-17(16)12-15/h6-12,18H,4-5,13-14H2,1-3H3,(H2,23,24,27)/p+1/t18-/m1/s1. The number of ether oxygens (including phenoxy) is 1. The Morgan fingerprint density at radius 1 is 1.11 bits per heavy atom. The highest BCUT2D eigenvalue weighted by Gasteiger charge is 2.32. The first-order chi connectivity index (χ1) is 13.5. The molecule has 0 fully saturated rings. The van der Waals surface area contributed by atoms with Gasteiger partial charge in [-0.1, -0.05) is 43.3 Å². The number of benzene rings is 2. The molecule has 3 N–H and O–H groups in total. The summed E-state index contributed by atoms with van der Waals surface area (Å²) in [5, 5.41) is 8.06. The zero-order chi connectivity index (χ0) is 20.1. The minimum absolute atomic E-state index is 0.270. The van der Waals surface area contributed by atoms with Gasteiger partial charge in [0.2, 0.25) is 0 Å². The van der Waals surface area contributed by atoms with Crippen LogP contribution in [0.5, 0.6) is 0 Å². The molecular weight excluding hydrogens is 354 g/mol.